The Labute approximate surface area is 151 Å². The van der Waals surface area contributed by atoms with Crippen LogP contribution in [0.3, 0.4) is 0 Å². The molecule has 3 aliphatic rings. The second-order valence-corrected chi connectivity index (χ2v) is 7.67. The number of halogens is 1. The van der Waals surface area contributed by atoms with Crippen LogP contribution in [0.5, 0.6) is 0 Å². The molecule has 3 rings (SSSR count). The van der Waals surface area contributed by atoms with E-state index in [0.717, 1.165) is 45.2 Å². The molecule has 138 valence electrons. The topological polar surface area (TPSA) is 70.2 Å². The summed E-state index contributed by atoms with van der Waals surface area (Å²) in [7, 11) is 0. The molecule has 1 aliphatic heterocycles. The maximum atomic E-state index is 12.3. The van der Waals surface area contributed by atoms with Gasteiger partial charge in [-0.3, -0.25) is 9.59 Å². The number of nitrogens with one attached hydrogen (secondary N) is 3. The summed E-state index contributed by atoms with van der Waals surface area (Å²) in [6.07, 6.45) is 10.4. The predicted molar refractivity (Wildman–Crippen MR) is 97.1 cm³/mol. The van der Waals surface area contributed by atoms with Gasteiger partial charge >= 0.3 is 0 Å². The Kier molecular flexibility index (Phi) is 7.82. The molecular weight excluding hydrogens is 326 g/mol. The fourth-order valence-electron chi connectivity index (χ4n) is 4.36. The Morgan fingerprint density at radius 2 is 1.58 bits per heavy atom. The van der Waals surface area contributed by atoms with Gasteiger partial charge in [-0.2, -0.15) is 0 Å². The van der Waals surface area contributed by atoms with Gasteiger partial charge in [-0.1, -0.05) is 12.8 Å². The highest BCUT2D eigenvalue weighted by Crippen LogP contribution is 2.28. The SMILES string of the molecule is Cl.O=C(CC1CCCC1)NC1CCC(C(=O)NC2CCNC2)CC1. The average molecular weight is 358 g/mol. The summed E-state index contributed by atoms with van der Waals surface area (Å²) in [5.41, 5.74) is 0. The van der Waals surface area contributed by atoms with Crippen LogP contribution in [-0.2, 0) is 9.59 Å². The number of carbonyl (C=O) groups is 2. The zero-order chi connectivity index (χ0) is 16.1. The average Bonchev–Trinajstić information content (AvgIpc) is 3.21. The van der Waals surface area contributed by atoms with E-state index < -0.39 is 0 Å². The van der Waals surface area contributed by atoms with E-state index in [1.165, 1.54) is 25.7 Å². The molecule has 1 atom stereocenters. The molecule has 1 heterocycles. The molecule has 2 amide bonds. The van der Waals surface area contributed by atoms with E-state index in [1.807, 2.05) is 0 Å². The Bertz CT molecular complexity index is 412. The van der Waals surface area contributed by atoms with Gasteiger partial charge in [0.1, 0.15) is 0 Å². The molecular formula is C18H32ClN3O2. The fourth-order valence-corrected chi connectivity index (χ4v) is 4.36. The molecule has 3 N–H and O–H groups in total. The maximum Gasteiger partial charge on any atom is 0.223 e. The van der Waals surface area contributed by atoms with E-state index in [4.69, 9.17) is 0 Å². The van der Waals surface area contributed by atoms with Crippen molar-refractivity contribution in [1.29, 1.82) is 0 Å². The summed E-state index contributed by atoms with van der Waals surface area (Å²) in [6.45, 7) is 1.91. The summed E-state index contributed by atoms with van der Waals surface area (Å²) in [5.74, 6) is 1.19. The van der Waals surface area contributed by atoms with Crippen LogP contribution in [0, 0.1) is 11.8 Å². The van der Waals surface area contributed by atoms with Gasteiger partial charge in [-0.05, 0) is 57.4 Å². The third-order valence-electron chi connectivity index (χ3n) is 5.82. The van der Waals surface area contributed by atoms with E-state index in [2.05, 4.69) is 16.0 Å². The zero-order valence-electron chi connectivity index (χ0n) is 14.5. The Balaban J connectivity index is 0.00000208. The Morgan fingerprint density at radius 3 is 2.21 bits per heavy atom. The van der Waals surface area contributed by atoms with Crippen molar-refractivity contribution < 1.29 is 9.59 Å². The minimum Gasteiger partial charge on any atom is -0.353 e. The minimum absolute atomic E-state index is 0. The van der Waals surface area contributed by atoms with Gasteiger partial charge in [0.25, 0.3) is 0 Å². The van der Waals surface area contributed by atoms with Crippen LogP contribution in [0.1, 0.15) is 64.2 Å². The lowest BCUT2D eigenvalue weighted by Crippen LogP contribution is -2.44. The van der Waals surface area contributed by atoms with Crippen molar-refractivity contribution in [3.05, 3.63) is 0 Å². The largest absolute Gasteiger partial charge is 0.353 e. The lowest BCUT2D eigenvalue weighted by molar-refractivity contribution is -0.126. The molecule has 0 radical (unpaired) electrons. The smallest absolute Gasteiger partial charge is 0.223 e. The molecule has 5 nitrogen and oxygen atoms in total. The molecule has 2 aliphatic carbocycles. The van der Waals surface area contributed by atoms with Crippen molar-refractivity contribution in [2.45, 2.75) is 76.3 Å². The first kappa shape index (κ1) is 19.5. The molecule has 0 bridgehead atoms. The first-order valence-electron chi connectivity index (χ1n) is 9.51. The van der Waals surface area contributed by atoms with Crippen molar-refractivity contribution in [3.63, 3.8) is 0 Å². The van der Waals surface area contributed by atoms with Crippen LogP contribution < -0.4 is 16.0 Å². The molecule has 0 aromatic rings. The molecule has 2 saturated carbocycles. The van der Waals surface area contributed by atoms with Gasteiger partial charge in [0.05, 0.1) is 0 Å². The second-order valence-electron chi connectivity index (χ2n) is 7.67. The fraction of sp³-hybridized carbons (Fsp3) is 0.889. The molecule has 0 spiro atoms. The molecule has 24 heavy (non-hydrogen) atoms. The standard InChI is InChI=1S/C18H31N3O2.ClH/c22-17(11-13-3-1-2-4-13)20-15-7-5-14(6-8-15)18(23)21-16-9-10-19-12-16;/h13-16,19H,1-12H2,(H,20,22)(H,21,23);1H. The molecule has 0 aromatic heterocycles. The minimum atomic E-state index is 0. The highest BCUT2D eigenvalue weighted by Gasteiger charge is 2.29. The van der Waals surface area contributed by atoms with Crippen molar-refractivity contribution in [2.24, 2.45) is 11.8 Å². The zero-order valence-corrected chi connectivity index (χ0v) is 15.3. The van der Waals surface area contributed by atoms with Crippen molar-refractivity contribution in [2.75, 3.05) is 13.1 Å². The van der Waals surface area contributed by atoms with E-state index >= 15 is 0 Å². The predicted octanol–water partition coefficient (Wildman–Crippen LogP) is 2.14. The van der Waals surface area contributed by atoms with Crippen LogP contribution in [0.2, 0.25) is 0 Å². The van der Waals surface area contributed by atoms with Gasteiger partial charge < -0.3 is 16.0 Å². The lowest BCUT2D eigenvalue weighted by Gasteiger charge is -2.29. The second kappa shape index (κ2) is 9.62. The molecule has 6 heteroatoms. The van der Waals surface area contributed by atoms with E-state index in [1.54, 1.807) is 0 Å². The summed E-state index contributed by atoms with van der Waals surface area (Å²) >= 11 is 0. The highest BCUT2D eigenvalue weighted by atomic mass is 35.5. The Hall–Kier alpha value is -0.810. The summed E-state index contributed by atoms with van der Waals surface area (Å²) < 4.78 is 0. The Morgan fingerprint density at radius 1 is 0.875 bits per heavy atom. The number of rotatable bonds is 5. The summed E-state index contributed by atoms with van der Waals surface area (Å²) in [5, 5.41) is 9.64. The number of hydrogen-bond acceptors (Lipinski definition) is 3. The van der Waals surface area contributed by atoms with E-state index in [9.17, 15) is 9.59 Å². The van der Waals surface area contributed by atoms with E-state index in [0.29, 0.717) is 18.4 Å². The molecule has 1 saturated heterocycles. The molecule has 3 fully saturated rings. The molecule has 0 aromatic carbocycles. The number of amides is 2. The lowest BCUT2D eigenvalue weighted by atomic mass is 9.85. The monoisotopic (exact) mass is 357 g/mol. The normalized spacial score (nSPS) is 30.6. The van der Waals surface area contributed by atoms with Crippen molar-refractivity contribution in [3.8, 4) is 0 Å². The first-order chi connectivity index (χ1) is 11.2. The first-order valence-corrected chi connectivity index (χ1v) is 9.51. The van der Waals surface area contributed by atoms with Crippen LogP contribution in [0.15, 0.2) is 0 Å². The van der Waals surface area contributed by atoms with Gasteiger partial charge in [-0.15, -0.1) is 12.4 Å². The van der Waals surface area contributed by atoms with Crippen LogP contribution >= 0.6 is 12.4 Å². The van der Waals surface area contributed by atoms with E-state index in [-0.39, 0.29) is 36.2 Å². The van der Waals surface area contributed by atoms with Crippen molar-refractivity contribution in [1.82, 2.24) is 16.0 Å². The van der Waals surface area contributed by atoms with Gasteiger partial charge in [0, 0.05) is 31.0 Å². The molecule has 1 unspecified atom stereocenters. The third kappa shape index (κ3) is 5.62. The van der Waals surface area contributed by atoms with Gasteiger partial charge in [0.2, 0.25) is 11.8 Å². The van der Waals surface area contributed by atoms with Crippen LogP contribution in [0.25, 0.3) is 0 Å². The van der Waals surface area contributed by atoms with Crippen LogP contribution in [-0.4, -0.2) is 37.0 Å². The quantitative estimate of drug-likeness (QED) is 0.706. The number of hydrogen-bond donors (Lipinski definition) is 3. The van der Waals surface area contributed by atoms with Crippen molar-refractivity contribution >= 4 is 24.2 Å². The van der Waals surface area contributed by atoms with Crippen LogP contribution in [0.4, 0.5) is 0 Å². The highest BCUT2D eigenvalue weighted by molar-refractivity contribution is 5.85. The number of carbonyl (C=O) groups excluding carboxylic acids is 2. The maximum absolute atomic E-state index is 12.3. The summed E-state index contributed by atoms with van der Waals surface area (Å²) in [6, 6.07) is 0.590. The summed E-state index contributed by atoms with van der Waals surface area (Å²) in [4.78, 5) is 24.4. The third-order valence-corrected chi connectivity index (χ3v) is 5.82. The van der Waals surface area contributed by atoms with Gasteiger partial charge in [-0.25, -0.2) is 0 Å². The van der Waals surface area contributed by atoms with Gasteiger partial charge in [0.15, 0.2) is 0 Å².